The molecule has 0 aromatic heterocycles. The zero-order chi connectivity index (χ0) is 22.6. The number of rotatable bonds is 9. The number of hydrogen-bond donors (Lipinski definition) is 3. The highest BCUT2D eigenvalue weighted by Crippen LogP contribution is 2.38. The monoisotopic (exact) mass is 460 g/mol. The Morgan fingerprint density at radius 2 is 2.25 bits per heavy atom. The third kappa shape index (κ3) is 5.20. The minimum absolute atomic E-state index is 0.0923. The average Bonchev–Trinajstić information content (AvgIpc) is 3.36. The summed E-state index contributed by atoms with van der Waals surface area (Å²) >= 11 is 6.61. The van der Waals surface area contributed by atoms with Crippen molar-refractivity contribution in [3.05, 3.63) is 70.3 Å². The standard InChI is InChI=1S/C25H34ClFN4O/c1-2-3-4-5-7-24-29-12-13-31(24)17-21-22(26)14-18(15-23(21)27)25(10-6-11-25)30-32-20-9-8-19(28)16-20/h4-7,10,14-15,19-20,29-30H,2-3,8-9,11-13,16-17,28H2,1H3/b5-4-,24-7+. The van der Waals surface area contributed by atoms with Gasteiger partial charge in [0.25, 0.3) is 0 Å². The number of nitrogens with two attached hydrogens (primary N) is 1. The van der Waals surface area contributed by atoms with Gasteiger partial charge in [0.05, 0.1) is 11.6 Å². The molecule has 3 aliphatic rings. The SMILES string of the molecule is CCC/C=C\C=C1/NCCN1Cc1c(F)cc(C2(NOC3CCC(N)C3)C=CC2)cc1Cl. The lowest BCUT2D eigenvalue weighted by Crippen LogP contribution is -2.46. The molecule has 0 spiro atoms. The Bertz CT molecular complexity index is 879. The predicted molar refractivity (Wildman–Crippen MR) is 127 cm³/mol. The highest BCUT2D eigenvalue weighted by molar-refractivity contribution is 6.31. The van der Waals surface area contributed by atoms with E-state index in [9.17, 15) is 0 Å². The largest absolute Gasteiger partial charge is 0.370 e. The van der Waals surface area contributed by atoms with Crippen LogP contribution in [0.5, 0.6) is 0 Å². The molecular formula is C25H34ClFN4O. The van der Waals surface area contributed by atoms with E-state index < -0.39 is 5.54 Å². The number of hydrogen-bond acceptors (Lipinski definition) is 5. The molecule has 1 aliphatic heterocycles. The second kappa shape index (κ2) is 10.4. The highest BCUT2D eigenvalue weighted by atomic mass is 35.5. The lowest BCUT2D eigenvalue weighted by Gasteiger charge is -2.38. The van der Waals surface area contributed by atoms with Crippen molar-refractivity contribution in [1.82, 2.24) is 15.7 Å². The van der Waals surface area contributed by atoms with Crippen LogP contribution in [-0.4, -0.2) is 30.1 Å². The van der Waals surface area contributed by atoms with Crippen LogP contribution in [0.3, 0.4) is 0 Å². The van der Waals surface area contributed by atoms with Crippen LogP contribution in [0.2, 0.25) is 5.02 Å². The zero-order valence-electron chi connectivity index (χ0n) is 18.7. The number of benzene rings is 1. The van der Waals surface area contributed by atoms with Gasteiger partial charge in [-0.3, -0.25) is 4.84 Å². The minimum atomic E-state index is -0.542. The molecule has 4 rings (SSSR count). The Hall–Kier alpha value is -1.86. The van der Waals surface area contributed by atoms with Gasteiger partial charge in [-0.05, 0) is 55.9 Å². The van der Waals surface area contributed by atoms with E-state index in [1.807, 2.05) is 18.2 Å². The van der Waals surface area contributed by atoms with Gasteiger partial charge in [-0.2, -0.15) is 5.48 Å². The molecule has 0 amide bonds. The van der Waals surface area contributed by atoms with E-state index in [2.05, 4.69) is 40.8 Å². The molecule has 2 aliphatic carbocycles. The summed E-state index contributed by atoms with van der Waals surface area (Å²) in [5.74, 6) is 0.713. The number of hydroxylamine groups is 1. The number of allylic oxidation sites excluding steroid dienone is 3. The van der Waals surface area contributed by atoms with E-state index in [1.165, 1.54) is 0 Å². The Balaban J connectivity index is 1.46. The molecular weight excluding hydrogens is 427 g/mol. The van der Waals surface area contributed by atoms with Gasteiger partial charge in [0.2, 0.25) is 0 Å². The molecule has 2 fully saturated rings. The quantitative estimate of drug-likeness (QED) is 0.370. The van der Waals surface area contributed by atoms with E-state index >= 15 is 4.39 Å². The summed E-state index contributed by atoms with van der Waals surface area (Å²) in [6.07, 6.45) is 16.1. The van der Waals surface area contributed by atoms with Gasteiger partial charge in [-0.15, -0.1) is 0 Å². The minimum Gasteiger partial charge on any atom is -0.370 e. The molecule has 32 heavy (non-hydrogen) atoms. The van der Waals surface area contributed by atoms with E-state index in [0.717, 1.165) is 63.0 Å². The molecule has 1 aromatic carbocycles. The normalized spacial score (nSPS) is 28.6. The van der Waals surface area contributed by atoms with Gasteiger partial charge in [-0.1, -0.05) is 49.2 Å². The molecule has 1 heterocycles. The summed E-state index contributed by atoms with van der Waals surface area (Å²) in [6, 6.07) is 3.66. The Labute approximate surface area is 195 Å². The molecule has 0 radical (unpaired) electrons. The fraction of sp³-hybridized carbons (Fsp3) is 0.520. The molecule has 3 atom stereocenters. The van der Waals surface area contributed by atoms with Crippen LogP contribution in [0.15, 0.2) is 48.3 Å². The number of unbranched alkanes of at least 4 members (excludes halogenated alkanes) is 1. The predicted octanol–water partition coefficient (Wildman–Crippen LogP) is 4.64. The molecule has 5 nitrogen and oxygen atoms in total. The van der Waals surface area contributed by atoms with Crippen LogP contribution in [-0.2, 0) is 16.9 Å². The first-order valence-electron chi connectivity index (χ1n) is 11.7. The van der Waals surface area contributed by atoms with Crippen LogP contribution in [0.25, 0.3) is 0 Å². The van der Waals surface area contributed by atoms with Crippen molar-refractivity contribution in [3.8, 4) is 0 Å². The van der Waals surface area contributed by atoms with Crippen LogP contribution >= 0.6 is 11.6 Å². The maximum Gasteiger partial charge on any atom is 0.130 e. The van der Waals surface area contributed by atoms with Gasteiger partial charge in [0, 0.05) is 36.3 Å². The maximum atomic E-state index is 15.3. The first kappa shape index (κ1) is 23.3. The van der Waals surface area contributed by atoms with Crippen LogP contribution in [0.1, 0.15) is 56.6 Å². The Kier molecular flexibility index (Phi) is 7.56. The van der Waals surface area contributed by atoms with Crippen LogP contribution in [0, 0.1) is 5.82 Å². The van der Waals surface area contributed by atoms with Gasteiger partial charge < -0.3 is 16.0 Å². The van der Waals surface area contributed by atoms with Crippen LogP contribution < -0.4 is 16.5 Å². The van der Waals surface area contributed by atoms with Gasteiger partial charge in [0.1, 0.15) is 11.6 Å². The van der Waals surface area contributed by atoms with Gasteiger partial charge in [0.15, 0.2) is 0 Å². The Morgan fingerprint density at radius 3 is 2.91 bits per heavy atom. The lowest BCUT2D eigenvalue weighted by molar-refractivity contribution is -0.0643. The van der Waals surface area contributed by atoms with E-state index in [4.69, 9.17) is 22.2 Å². The summed E-state index contributed by atoms with van der Waals surface area (Å²) in [6.45, 7) is 4.24. The molecule has 4 N–H and O–H groups in total. The summed E-state index contributed by atoms with van der Waals surface area (Å²) < 4.78 is 15.3. The summed E-state index contributed by atoms with van der Waals surface area (Å²) in [5, 5.41) is 3.81. The van der Waals surface area contributed by atoms with Crippen molar-refractivity contribution < 1.29 is 9.23 Å². The second-order valence-electron chi connectivity index (χ2n) is 9.03. The van der Waals surface area contributed by atoms with Gasteiger partial charge in [-0.25, -0.2) is 4.39 Å². The maximum absolute atomic E-state index is 15.3. The summed E-state index contributed by atoms with van der Waals surface area (Å²) in [7, 11) is 0. The molecule has 3 unspecified atom stereocenters. The third-order valence-corrected chi connectivity index (χ3v) is 6.89. The van der Waals surface area contributed by atoms with E-state index in [1.54, 1.807) is 6.07 Å². The molecule has 1 saturated carbocycles. The fourth-order valence-corrected chi connectivity index (χ4v) is 4.74. The fourth-order valence-electron chi connectivity index (χ4n) is 4.48. The van der Waals surface area contributed by atoms with Crippen molar-refractivity contribution in [3.63, 3.8) is 0 Å². The highest BCUT2D eigenvalue weighted by Gasteiger charge is 2.37. The van der Waals surface area contributed by atoms with Crippen molar-refractivity contribution in [2.75, 3.05) is 13.1 Å². The summed E-state index contributed by atoms with van der Waals surface area (Å²) in [5.41, 5.74) is 9.94. The zero-order valence-corrected chi connectivity index (χ0v) is 19.5. The molecule has 174 valence electrons. The van der Waals surface area contributed by atoms with E-state index in [-0.39, 0.29) is 18.0 Å². The molecule has 1 aromatic rings. The summed E-state index contributed by atoms with van der Waals surface area (Å²) in [4.78, 5) is 8.07. The number of halogens is 2. The van der Waals surface area contributed by atoms with Gasteiger partial charge >= 0.3 is 0 Å². The average molecular weight is 461 g/mol. The van der Waals surface area contributed by atoms with Crippen molar-refractivity contribution in [1.29, 1.82) is 0 Å². The number of nitrogens with zero attached hydrogens (tertiary/aromatic N) is 1. The molecule has 1 saturated heterocycles. The first-order chi connectivity index (χ1) is 15.5. The third-order valence-electron chi connectivity index (χ3n) is 6.55. The van der Waals surface area contributed by atoms with E-state index in [0.29, 0.717) is 17.1 Å². The topological polar surface area (TPSA) is 62.5 Å². The number of nitrogens with one attached hydrogen (secondary N) is 2. The van der Waals surface area contributed by atoms with Crippen molar-refractivity contribution in [2.45, 2.75) is 69.7 Å². The lowest BCUT2D eigenvalue weighted by atomic mass is 9.79. The van der Waals surface area contributed by atoms with Crippen molar-refractivity contribution >= 4 is 11.6 Å². The smallest absolute Gasteiger partial charge is 0.130 e. The molecule has 0 bridgehead atoms. The second-order valence-corrected chi connectivity index (χ2v) is 9.44. The first-order valence-corrected chi connectivity index (χ1v) is 12.1. The Morgan fingerprint density at radius 1 is 1.41 bits per heavy atom. The molecule has 7 heteroatoms. The van der Waals surface area contributed by atoms with Crippen LogP contribution in [0.4, 0.5) is 4.39 Å². The van der Waals surface area contributed by atoms with Crippen molar-refractivity contribution in [2.24, 2.45) is 5.73 Å².